The second kappa shape index (κ2) is 9.89. The number of nitriles is 1. The lowest BCUT2D eigenvalue weighted by molar-refractivity contribution is 0.183. The molecule has 0 aromatic heterocycles. The third-order valence-electron chi connectivity index (χ3n) is 3.42. The smallest absolute Gasteiger partial charge is 0.377 e. The lowest BCUT2D eigenvalue weighted by atomic mass is 9.96. The third-order valence-corrected chi connectivity index (χ3v) is 5.47. The van der Waals surface area contributed by atoms with E-state index in [4.69, 9.17) is 13.8 Å². The highest BCUT2D eigenvalue weighted by Crippen LogP contribution is 2.56. The zero-order valence-electron chi connectivity index (χ0n) is 13.8. The van der Waals surface area contributed by atoms with E-state index in [0.717, 1.165) is 25.7 Å². The van der Waals surface area contributed by atoms with Crippen molar-refractivity contribution in [3.05, 3.63) is 11.2 Å². The van der Waals surface area contributed by atoms with Gasteiger partial charge in [0.1, 0.15) is 6.07 Å². The van der Waals surface area contributed by atoms with Crippen LogP contribution in [0.2, 0.25) is 0 Å². The van der Waals surface area contributed by atoms with Gasteiger partial charge >= 0.3 is 7.60 Å². The third kappa shape index (κ3) is 5.31. The van der Waals surface area contributed by atoms with Gasteiger partial charge in [-0.2, -0.15) is 5.26 Å². The Morgan fingerprint density at radius 2 is 1.73 bits per heavy atom. The average molecular weight is 330 g/mol. The first-order valence-electron chi connectivity index (χ1n) is 8.04. The molecule has 1 N–H and O–H groups in total. The standard InChI is InChI=1S/C15H27N2O4P/c1-4-19-15(17-13-10-8-7-9-11-13)14(12-16)22(18,20-5-2)21-6-3/h13,17H,4-11H2,1-3H3/b15-14-. The van der Waals surface area contributed by atoms with Crippen LogP contribution in [0.15, 0.2) is 11.2 Å². The van der Waals surface area contributed by atoms with Crippen molar-refractivity contribution < 1.29 is 18.3 Å². The van der Waals surface area contributed by atoms with Gasteiger partial charge in [0.2, 0.25) is 11.2 Å². The fraction of sp³-hybridized carbons (Fsp3) is 0.800. The Bertz CT molecular complexity index is 443. The molecule has 0 spiro atoms. The SMILES string of the molecule is CCO/C(NC1CCCCC1)=C(/C#N)P(=O)(OCC)OCC. The van der Waals surface area contributed by atoms with Gasteiger partial charge in [-0.25, -0.2) is 0 Å². The Kier molecular flexibility index (Phi) is 8.55. The van der Waals surface area contributed by atoms with E-state index >= 15 is 0 Å². The monoisotopic (exact) mass is 330 g/mol. The van der Waals surface area contributed by atoms with Gasteiger partial charge in [0.25, 0.3) is 0 Å². The Balaban J connectivity index is 3.08. The first-order chi connectivity index (χ1) is 10.6. The molecular weight excluding hydrogens is 303 g/mol. The van der Waals surface area contributed by atoms with E-state index in [2.05, 4.69) is 5.32 Å². The van der Waals surface area contributed by atoms with Crippen LogP contribution in [0, 0.1) is 11.3 Å². The van der Waals surface area contributed by atoms with E-state index in [1.807, 2.05) is 13.0 Å². The van der Waals surface area contributed by atoms with Crippen molar-refractivity contribution in [2.75, 3.05) is 19.8 Å². The minimum Gasteiger partial charge on any atom is -0.478 e. The van der Waals surface area contributed by atoms with Crippen LogP contribution in [-0.2, 0) is 18.3 Å². The molecule has 0 atom stereocenters. The summed E-state index contributed by atoms with van der Waals surface area (Å²) < 4.78 is 29.0. The zero-order chi connectivity index (χ0) is 16.4. The summed E-state index contributed by atoms with van der Waals surface area (Å²) in [5, 5.41) is 12.6. The van der Waals surface area contributed by atoms with Gasteiger partial charge < -0.3 is 19.1 Å². The number of allylic oxidation sites excluding steroid dienone is 1. The molecule has 7 heteroatoms. The van der Waals surface area contributed by atoms with Gasteiger partial charge in [-0.3, -0.25) is 4.57 Å². The van der Waals surface area contributed by atoms with Gasteiger partial charge in [-0.1, -0.05) is 19.3 Å². The quantitative estimate of drug-likeness (QED) is 0.392. The number of hydrogen-bond donors (Lipinski definition) is 1. The number of nitrogens with zero attached hydrogens (tertiary/aromatic N) is 1. The van der Waals surface area contributed by atoms with E-state index < -0.39 is 7.60 Å². The van der Waals surface area contributed by atoms with Crippen molar-refractivity contribution in [2.24, 2.45) is 0 Å². The number of ether oxygens (including phenoxy) is 1. The summed E-state index contributed by atoms with van der Waals surface area (Å²) in [6.07, 6.45) is 5.56. The summed E-state index contributed by atoms with van der Waals surface area (Å²) in [4.78, 5) is 0. The van der Waals surface area contributed by atoms with Crippen LogP contribution in [-0.4, -0.2) is 25.9 Å². The molecule has 0 bridgehead atoms. The van der Waals surface area contributed by atoms with Gasteiger partial charge in [0.05, 0.1) is 19.8 Å². The molecule has 0 aromatic rings. The van der Waals surface area contributed by atoms with Crippen molar-refractivity contribution in [3.63, 3.8) is 0 Å². The highest BCUT2D eigenvalue weighted by molar-refractivity contribution is 7.58. The fourth-order valence-electron chi connectivity index (χ4n) is 2.50. The lowest BCUT2D eigenvalue weighted by Gasteiger charge is -2.26. The van der Waals surface area contributed by atoms with Crippen LogP contribution in [0.5, 0.6) is 0 Å². The van der Waals surface area contributed by atoms with Crippen LogP contribution in [0.1, 0.15) is 52.9 Å². The van der Waals surface area contributed by atoms with Crippen molar-refractivity contribution in [2.45, 2.75) is 58.9 Å². The first-order valence-corrected chi connectivity index (χ1v) is 9.58. The topological polar surface area (TPSA) is 80.6 Å². The predicted octanol–water partition coefficient (Wildman–Crippen LogP) is 3.90. The maximum absolute atomic E-state index is 12.9. The molecule has 1 saturated carbocycles. The lowest BCUT2D eigenvalue weighted by Crippen LogP contribution is -2.32. The largest absolute Gasteiger partial charge is 0.478 e. The Morgan fingerprint density at radius 1 is 1.14 bits per heavy atom. The summed E-state index contributed by atoms with van der Waals surface area (Å²) in [5.41, 5.74) is 0. The van der Waals surface area contributed by atoms with Crippen LogP contribution in [0.3, 0.4) is 0 Å². The second-order valence-electron chi connectivity index (χ2n) is 5.03. The normalized spacial score (nSPS) is 17.5. The summed E-state index contributed by atoms with van der Waals surface area (Å²) in [7, 11) is -3.65. The van der Waals surface area contributed by atoms with E-state index in [-0.39, 0.29) is 30.5 Å². The molecule has 0 aliphatic heterocycles. The number of hydrogen-bond acceptors (Lipinski definition) is 6. The van der Waals surface area contributed by atoms with Crippen LogP contribution < -0.4 is 5.32 Å². The van der Waals surface area contributed by atoms with Gasteiger partial charge in [-0.05, 0) is 33.6 Å². The maximum Gasteiger partial charge on any atom is 0.377 e. The van der Waals surface area contributed by atoms with Gasteiger partial charge in [0, 0.05) is 6.04 Å². The number of rotatable bonds is 9. The Hall–Kier alpha value is -1.02. The maximum atomic E-state index is 12.9. The Morgan fingerprint density at radius 3 is 2.18 bits per heavy atom. The molecule has 0 radical (unpaired) electrons. The molecule has 22 heavy (non-hydrogen) atoms. The van der Waals surface area contributed by atoms with Crippen LogP contribution in [0.4, 0.5) is 0 Å². The van der Waals surface area contributed by atoms with Crippen LogP contribution in [0.25, 0.3) is 0 Å². The van der Waals surface area contributed by atoms with Crippen molar-refractivity contribution >= 4 is 7.60 Å². The summed E-state index contributed by atoms with van der Waals surface area (Å²) in [5.74, 6) is 0.238. The molecule has 1 aliphatic carbocycles. The molecule has 126 valence electrons. The first kappa shape index (κ1) is 19.0. The fourth-order valence-corrected chi connectivity index (χ4v) is 4.01. The van der Waals surface area contributed by atoms with Gasteiger partial charge in [-0.15, -0.1) is 0 Å². The summed E-state index contributed by atoms with van der Waals surface area (Å²) in [6, 6.07) is 2.20. The molecule has 0 heterocycles. The van der Waals surface area contributed by atoms with E-state index in [1.165, 1.54) is 6.42 Å². The summed E-state index contributed by atoms with van der Waals surface area (Å²) >= 11 is 0. The molecule has 1 fully saturated rings. The van der Waals surface area contributed by atoms with Crippen molar-refractivity contribution in [1.82, 2.24) is 5.32 Å². The Labute approximate surface area is 133 Å². The van der Waals surface area contributed by atoms with Crippen molar-refractivity contribution in [3.8, 4) is 6.07 Å². The molecule has 1 rings (SSSR count). The van der Waals surface area contributed by atoms with Crippen molar-refractivity contribution in [1.29, 1.82) is 5.26 Å². The zero-order valence-corrected chi connectivity index (χ0v) is 14.7. The predicted molar refractivity (Wildman–Crippen MR) is 85.1 cm³/mol. The molecule has 0 aromatic carbocycles. The molecule has 6 nitrogen and oxygen atoms in total. The molecular formula is C15H27N2O4P. The second-order valence-corrected chi connectivity index (χ2v) is 6.99. The highest BCUT2D eigenvalue weighted by atomic mass is 31.2. The van der Waals surface area contributed by atoms with Crippen LogP contribution >= 0.6 is 7.60 Å². The minimum absolute atomic E-state index is 0.0661. The van der Waals surface area contributed by atoms with E-state index in [1.54, 1.807) is 13.8 Å². The molecule has 0 unspecified atom stereocenters. The van der Waals surface area contributed by atoms with Gasteiger partial charge in [0.15, 0.2) is 0 Å². The van der Waals surface area contributed by atoms with E-state index in [9.17, 15) is 9.83 Å². The summed E-state index contributed by atoms with van der Waals surface area (Å²) in [6.45, 7) is 6.03. The van der Waals surface area contributed by atoms with E-state index in [0.29, 0.717) is 6.61 Å². The molecule has 1 aliphatic rings. The minimum atomic E-state index is -3.65. The average Bonchev–Trinajstić information content (AvgIpc) is 2.49. The molecule has 0 saturated heterocycles. The molecule has 0 amide bonds. The number of nitrogens with one attached hydrogen (secondary N) is 1. The highest BCUT2D eigenvalue weighted by Gasteiger charge is 2.35.